The molecule has 4 N–H and O–H groups in total. The Morgan fingerprint density at radius 2 is 1.91 bits per heavy atom. The average molecular weight is 330 g/mol. The molecule has 0 saturated heterocycles. The Labute approximate surface area is 138 Å². The first kappa shape index (κ1) is 16.7. The molecule has 0 bridgehead atoms. The number of hydrogen-bond donors (Lipinski definition) is 3. The van der Waals surface area contributed by atoms with E-state index in [0.717, 1.165) is 17.3 Å². The number of amides is 1. The van der Waals surface area contributed by atoms with Crippen LogP contribution in [0.1, 0.15) is 27.3 Å². The number of allylic oxidation sites excluding steroid dienone is 1. The average Bonchev–Trinajstić information content (AvgIpc) is 2.85. The Bertz CT molecular complexity index is 789. The van der Waals surface area contributed by atoms with E-state index >= 15 is 0 Å². The molecule has 6 heteroatoms. The molecule has 118 valence electrons. The lowest BCUT2D eigenvalue weighted by Crippen LogP contribution is -2.07. The maximum Gasteiger partial charge on any atom is 0.241 e. The van der Waals surface area contributed by atoms with Crippen molar-refractivity contribution >= 4 is 29.0 Å². The third-order valence-corrected chi connectivity index (χ3v) is 3.49. The molecular formula is C17H16ClN3O2. The van der Waals surface area contributed by atoms with Gasteiger partial charge in [-0.25, -0.2) is 0 Å². The molecule has 23 heavy (non-hydrogen) atoms. The van der Waals surface area contributed by atoms with Crippen molar-refractivity contribution in [3.05, 3.63) is 70.0 Å². The number of rotatable bonds is 6. The number of aryl methyl sites for hydroxylation is 1. The number of aromatic nitrogens is 1. The van der Waals surface area contributed by atoms with Gasteiger partial charge in [0.05, 0.1) is 5.69 Å². The van der Waals surface area contributed by atoms with E-state index in [4.69, 9.17) is 22.7 Å². The molecule has 0 atom stereocenters. The first-order valence-corrected chi connectivity index (χ1v) is 7.28. The normalized spacial score (nSPS) is 10.9. The number of nitrogens with two attached hydrogens (primary N) is 1. The first-order valence-electron chi connectivity index (χ1n) is 6.90. The molecule has 0 radical (unpaired) electrons. The fraction of sp³-hybridized carbons (Fsp3) is 0.118. The van der Waals surface area contributed by atoms with E-state index in [9.17, 15) is 9.59 Å². The quantitative estimate of drug-likeness (QED) is 0.431. The molecule has 0 aliphatic carbocycles. The Balaban J connectivity index is 2.17. The second-order valence-electron chi connectivity index (χ2n) is 5.13. The summed E-state index contributed by atoms with van der Waals surface area (Å²) in [4.78, 5) is 26.2. The van der Waals surface area contributed by atoms with Crippen molar-refractivity contribution < 1.29 is 9.59 Å². The number of carbonyl (C=O) groups is 2. The number of aromatic amines is 1. The van der Waals surface area contributed by atoms with Gasteiger partial charge in [0, 0.05) is 34.5 Å². The van der Waals surface area contributed by atoms with Crippen molar-refractivity contribution in [2.75, 3.05) is 0 Å². The molecule has 2 aromatic rings. The molecule has 0 spiro atoms. The van der Waals surface area contributed by atoms with E-state index in [-0.39, 0.29) is 17.9 Å². The van der Waals surface area contributed by atoms with Gasteiger partial charge in [-0.2, -0.15) is 0 Å². The summed E-state index contributed by atoms with van der Waals surface area (Å²) in [6, 6.07) is 8.48. The van der Waals surface area contributed by atoms with Gasteiger partial charge in [-0.3, -0.25) is 9.59 Å². The molecule has 5 nitrogen and oxygen atoms in total. The van der Waals surface area contributed by atoms with Crippen LogP contribution in [0.4, 0.5) is 0 Å². The van der Waals surface area contributed by atoms with Crippen LogP contribution in [0.15, 0.2) is 42.5 Å². The Morgan fingerprint density at radius 3 is 2.52 bits per heavy atom. The number of ketones is 1. The Kier molecular flexibility index (Phi) is 5.13. The number of primary amides is 1. The van der Waals surface area contributed by atoms with Crippen molar-refractivity contribution in [1.82, 2.24) is 4.98 Å². The van der Waals surface area contributed by atoms with Crippen molar-refractivity contribution in [2.45, 2.75) is 13.3 Å². The van der Waals surface area contributed by atoms with Crippen molar-refractivity contribution in [3.63, 3.8) is 0 Å². The molecule has 0 unspecified atom stereocenters. The zero-order chi connectivity index (χ0) is 17.0. The second kappa shape index (κ2) is 7.07. The van der Waals surface area contributed by atoms with E-state index in [1.54, 1.807) is 24.3 Å². The molecule has 2 rings (SSSR count). The number of halogens is 1. The minimum atomic E-state index is -0.601. The molecule has 0 aliphatic rings. The van der Waals surface area contributed by atoms with Crippen LogP contribution in [0.25, 0.3) is 0 Å². The lowest BCUT2D eigenvalue weighted by Gasteiger charge is -2.01. The van der Waals surface area contributed by atoms with Crippen LogP contribution in [-0.4, -0.2) is 22.4 Å². The van der Waals surface area contributed by atoms with Crippen LogP contribution in [-0.2, 0) is 11.2 Å². The molecule has 0 saturated carbocycles. The maximum atomic E-state index is 12.5. The highest BCUT2D eigenvalue weighted by molar-refractivity contribution is 6.30. The predicted molar refractivity (Wildman–Crippen MR) is 90.2 cm³/mol. The van der Waals surface area contributed by atoms with E-state index in [1.165, 1.54) is 6.08 Å². The van der Waals surface area contributed by atoms with E-state index < -0.39 is 5.91 Å². The predicted octanol–water partition coefficient (Wildman–Crippen LogP) is 2.81. The summed E-state index contributed by atoms with van der Waals surface area (Å²) in [5.41, 5.74) is 7.75. The number of H-pyrrole nitrogens is 1. The highest BCUT2D eigenvalue weighted by Crippen LogP contribution is 2.17. The topological polar surface area (TPSA) is 99.8 Å². The number of nitrogens with one attached hydrogen (secondary N) is 2. The van der Waals surface area contributed by atoms with Crippen LogP contribution in [0.5, 0.6) is 0 Å². The summed E-state index contributed by atoms with van der Waals surface area (Å²) in [6.07, 6.45) is 2.76. The smallest absolute Gasteiger partial charge is 0.241 e. The van der Waals surface area contributed by atoms with Gasteiger partial charge in [-0.15, -0.1) is 0 Å². The highest BCUT2D eigenvalue weighted by Gasteiger charge is 2.15. The second-order valence-corrected chi connectivity index (χ2v) is 5.56. The van der Waals surface area contributed by atoms with E-state index in [1.807, 2.05) is 13.0 Å². The summed E-state index contributed by atoms with van der Waals surface area (Å²) in [6.45, 7) is 1.83. The largest absolute Gasteiger partial charge is 0.366 e. The third-order valence-electron chi connectivity index (χ3n) is 3.23. The van der Waals surface area contributed by atoms with Crippen LogP contribution >= 0.6 is 11.6 Å². The van der Waals surface area contributed by atoms with Gasteiger partial charge >= 0.3 is 0 Å². The van der Waals surface area contributed by atoms with Crippen LogP contribution < -0.4 is 5.73 Å². The van der Waals surface area contributed by atoms with Crippen LogP contribution in [0.3, 0.4) is 0 Å². The molecule has 1 aromatic carbocycles. The van der Waals surface area contributed by atoms with Gasteiger partial charge in [0.25, 0.3) is 0 Å². The minimum absolute atomic E-state index is 0.135. The molecule has 0 fully saturated rings. The molecule has 1 heterocycles. The standard InChI is InChI=1S/C17H16ClN3O2/c1-10-8-14(9-13(19)6-7-15(20)22)21-16(10)17(23)11-2-4-12(18)5-3-11/h2-8,19,21H,9H2,1H3,(H2,20,22)/b7-6-,19-13?. The van der Waals surface area contributed by atoms with Crippen molar-refractivity contribution in [3.8, 4) is 0 Å². The summed E-state index contributed by atoms with van der Waals surface area (Å²) >= 11 is 5.82. The minimum Gasteiger partial charge on any atom is -0.366 e. The van der Waals surface area contributed by atoms with Gasteiger partial charge in [-0.05, 0) is 48.9 Å². The number of carbonyl (C=O) groups excluding carboxylic acids is 2. The van der Waals surface area contributed by atoms with Crippen molar-refractivity contribution in [1.29, 1.82) is 5.41 Å². The molecule has 1 aromatic heterocycles. The third kappa shape index (κ3) is 4.40. The van der Waals surface area contributed by atoms with E-state index in [2.05, 4.69) is 4.98 Å². The van der Waals surface area contributed by atoms with Crippen molar-refractivity contribution in [2.24, 2.45) is 5.73 Å². The van der Waals surface area contributed by atoms with Gasteiger partial charge in [0.1, 0.15) is 0 Å². The summed E-state index contributed by atoms with van der Waals surface area (Å²) in [5, 5.41) is 8.35. The fourth-order valence-corrected chi connectivity index (χ4v) is 2.28. The summed E-state index contributed by atoms with van der Waals surface area (Å²) in [5.74, 6) is -0.736. The van der Waals surface area contributed by atoms with Crippen LogP contribution in [0.2, 0.25) is 5.02 Å². The van der Waals surface area contributed by atoms with Crippen LogP contribution in [0, 0.1) is 12.3 Å². The first-order chi connectivity index (χ1) is 10.9. The SMILES string of the molecule is Cc1cc(CC(=N)/C=C\C(N)=O)[nH]c1C(=O)c1ccc(Cl)cc1. The van der Waals surface area contributed by atoms with Gasteiger partial charge in [-0.1, -0.05) is 11.6 Å². The maximum absolute atomic E-state index is 12.5. The van der Waals surface area contributed by atoms with Gasteiger partial charge in [0.15, 0.2) is 0 Å². The lowest BCUT2D eigenvalue weighted by molar-refractivity contribution is -0.113. The van der Waals surface area contributed by atoms with Gasteiger partial charge in [0.2, 0.25) is 11.7 Å². The van der Waals surface area contributed by atoms with Gasteiger partial charge < -0.3 is 16.1 Å². The Morgan fingerprint density at radius 1 is 1.26 bits per heavy atom. The molecule has 1 amide bonds. The fourth-order valence-electron chi connectivity index (χ4n) is 2.15. The zero-order valence-corrected chi connectivity index (χ0v) is 13.3. The monoisotopic (exact) mass is 329 g/mol. The molecule has 0 aliphatic heterocycles. The number of benzene rings is 1. The summed E-state index contributed by atoms with van der Waals surface area (Å²) in [7, 11) is 0. The molecular weight excluding hydrogens is 314 g/mol. The van der Waals surface area contributed by atoms with E-state index in [0.29, 0.717) is 16.3 Å². The zero-order valence-electron chi connectivity index (χ0n) is 12.5. The summed E-state index contributed by atoms with van der Waals surface area (Å²) < 4.78 is 0. The Hall–Kier alpha value is -2.66. The lowest BCUT2D eigenvalue weighted by atomic mass is 10.1. The highest BCUT2D eigenvalue weighted by atomic mass is 35.5. The number of hydrogen-bond acceptors (Lipinski definition) is 3.